The van der Waals surface area contributed by atoms with Gasteiger partial charge in [-0.15, -0.1) is 21.8 Å². The summed E-state index contributed by atoms with van der Waals surface area (Å²) in [6.07, 6.45) is 0.757. The maximum absolute atomic E-state index is 5.69. The van der Waals surface area contributed by atoms with E-state index >= 15 is 0 Å². The van der Waals surface area contributed by atoms with E-state index in [1.807, 2.05) is 19.1 Å². The Morgan fingerprint density at radius 1 is 1.35 bits per heavy atom. The van der Waals surface area contributed by atoms with Crippen LogP contribution in [-0.4, -0.2) is 23.2 Å². The van der Waals surface area contributed by atoms with Crippen molar-refractivity contribution in [1.82, 2.24) is 10.2 Å². The SMILES string of the molecule is COc1ccc(C)cc1-c1nnc(CCCl)s1. The van der Waals surface area contributed by atoms with E-state index in [1.54, 1.807) is 18.4 Å². The van der Waals surface area contributed by atoms with E-state index in [0.29, 0.717) is 5.88 Å². The average Bonchev–Trinajstić information content (AvgIpc) is 2.78. The Morgan fingerprint density at radius 2 is 2.18 bits per heavy atom. The maximum Gasteiger partial charge on any atom is 0.151 e. The van der Waals surface area contributed by atoms with E-state index < -0.39 is 0 Å². The van der Waals surface area contributed by atoms with E-state index in [2.05, 4.69) is 16.3 Å². The molecule has 0 aliphatic carbocycles. The van der Waals surface area contributed by atoms with Crippen LogP contribution >= 0.6 is 22.9 Å². The van der Waals surface area contributed by atoms with Gasteiger partial charge in [0.15, 0.2) is 5.01 Å². The first-order valence-corrected chi connectivity index (χ1v) is 6.63. The van der Waals surface area contributed by atoms with E-state index in [1.165, 1.54) is 5.56 Å². The van der Waals surface area contributed by atoms with E-state index in [0.717, 1.165) is 27.7 Å². The summed E-state index contributed by atoms with van der Waals surface area (Å²) in [5.41, 5.74) is 2.17. The molecule has 0 atom stereocenters. The molecule has 5 heteroatoms. The molecular weight excluding hydrogens is 256 g/mol. The fraction of sp³-hybridized carbons (Fsp3) is 0.333. The van der Waals surface area contributed by atoms with Gasteiger partial charge in [0, 0.05) is 12.3 Å². The van der Waals surface area contributed by atoms with Crippen LogP contribution in [0.25, 0.3) is 10.6 Å². The Bertz CT molecular complexity index is 513. The lowest BCUT2D eigenvalue weighted by atomic mass is 10.1. The first-order chi connectivity index (χ1) is 8.24. The predicted molar refractivity (Wildman–Crippen MR) is 71.1 cm³/mol. The molecule has 90 valence electrons. The topological polar surface area (TPSA) is 35.0 Å². The van der Waals surface area contributed by atoms with Gasteiger partial charge in [0.25, 0.3) is 0 Å². The van der Waals surface area contributed by atoms with Gasteiger partial charge in [-0.05, 0) is 19.1 Å². The van der Waals surface area contributed by atoms with Crippen molar-refractivity contribution in [3.8, 4) is 16.3 Å². The lowest BCUT2D eigenvalue weighted by Crippen LogP contribution is -1.88. The summed E-state index contributed by atoms with van der Waals surface area (Å²) in [7, 11) is 1.66. The third kappa shape index (κ3) is 2.76. The molecule has 0 aliphatic heterocycles. The van der Waals surface area contributed by atoms with Gasteiger partial charge in [0.2, 0.25) is 0 Å². The molecule has 2 aromatic rings. The Labute approximate surface area is 109 Å². The molecule has 0 aliphatic rings. The summed E-state index contributed by atoms with van der Waals surface area (Å²) in [6.45, 7) is 2.05. The van der Waals surface area contributed by atoms with Gasteiger partial charge < -0.3 is 4.74 Å². The highest BCUT2D eigenvalue weighted by Crippen LogP contribution is 2.32. The Kier molecular flexibility index (Phi) is 3.97. The summed E-state index contributed by atoms with van der Waals surface area (Å²) in [5, 5.41) is 10.1. The van der Waals surface area contributed by atoms with Gasteiger partial charge in [-0.25, -0.2) is 0 Å². The lowest BCUT2D eigenvalue weighted by molar-refractivity contribution is 0.416. The van der Waals surface area contributed by atoms with Crippen molar-refractivity contribution >= 4 is 22.9 Å². The number of halogens is 1. The zero-order chi connectivity index (χ0) is 12.3. The fourth-order valence-corrected chi connectivity index (χ4v) is 2.68. The molecule has 0 radical (unpaired) electrons. The Morgan fingerprint density at radius 3 is 2.88 bits per heavy atom. The minimum Gasteiger partial charge on any atom is -0.496 e. The smallest absolute Gasteiger partial charge is 0.151 e. The van der Waals surface area contributed by atoms with Gasteiger partial charge in [-0.1, -0.05) is 23.0 Å². The van der Waals surface area contributed by atoms with Crippen molar-refractivity contribution in [2.75, 3.05) is 13.0 Å². The van der Waals surface area contributed by atoms with E-state index in [-0.39, 0.29) is 0 Å². The minimum atomic E-state index is 0.569. The second-order valence-electron chi connectivity index (χ2n) is 3.64. The summed E-state index contributed by atoms with van der Waals surface area (Å²) in [4.78, 5) is 0. The average molecular weight is 269 g/mol. The van der Waals surface area contributed by atoms with E-state index in [4.69, 9.17) is 16.3 Å². The zero-order valence-corrected chi connectivity index (χ0v) is 11.3. The summed E-state index contributed by atoms with van der Waals surface area (Å²) < 4.78 is 5.34. The second kappa shape index (κ2) is 5.47. The normalized spacial score (nSPS) is 10.5. The van der Waals surface area contributed by atoms with Crippen LogP contribution in [0.15, 0.2) is 18.2 Å². The largest absolute Gasteiger partial charge is 0.496 e. The van der Waals surface area contributed by atoms with Crippen molar-refractivity contribution in [2.24, 2.45) is 0 Å². The molecule has 0 fully saturated rings. The van der Waals surface area contributed by atoms with E-state index in [9.17, 15) is 0 Å². The highest BCUT2D eigenvalue weighted by molar-refractivity contribution is 7.14. The van der Waals surface area contributed by atoms with Crippen LogP contribution in [0, 0.1) is 6.92 Å². The molecular formula is C12H13ClN2OS. The monoisotopic (exact) mass is 268 g/mol. The molecule has 0 bridgehead atoms. The lowest BCUT2D eigenvalue weighted by Gasteiger charge is -2.05. The first-order valence-electron chi connectivity index (χ1n) is 5.28. The quantitative estimate of drug-likeness (QED) is 0.798. The molecule has 0 N–H and O–H groups in total. The number of rotatable bonds is 4. The van der Waals surface area contributed by atoms with Crippen molar-refractivity contribution in [3.05, 3.63) is 28.8 Å². The summed E-state index contributed by atoms with van der Waals surface area (Å²) in [6, 6.07) is 6.03. The number of hydrogen-bond acceptors (Lipinski definition) is 4. The number of hydrogen-bond donors (Lipinski definition) is 0. The number of aromatic nitrogens is 2. The van der Waals surface area contributed by atoms with Gasteiger partial charge in [0.05, 0.1) is 12.7 Å². The van der Waals surface area contributed by atoms with Crippen LogP contribution in [0.1, 0.15) is 10.6 Å². The Hall–Kier alpha value is -1.13. The third-order valence-corrected chi connectivity index (χ3v) is 3.57. The number of nitrogens with zero attached hydrogens (tertiary/aromatic N) is 2. The Balaban J connectivity index is 2.40. The molecule has 1 heterocycles. The highest BCUT2D eigenvalue weighted by Gasteiger charge is 2.11. The third-order valence-electron chi connectivity index (χ3n) is 2.36. The van der Waals surface area contributed by atoms with Gasteiger partial charge in [-0.2, -0.15) is 0 Å². The van der Waals surface area contributed by atoms with Gasteiger partial charge in [-0.3, -0.25) is 0 Å². The van der Waals surface area contributed by atoms with Crippen LogP contribution in [0.2, 0.25) is 0 Å². The molecule has 0 saturated heterocycles. The summed E-state index contributed by atoms with van der Waals surface area (Å²) >= 11 is 7.25. The van der Waals surface area contributed by atoms with Crippen molar-refractivity contribution < 1.29 is 4.74 Å². The summed E-state index contributed by atoms with van der Waals surface area (Å²) in [5.74, 6) is 1.39. The molecule has 1 aromatic heterocycles. The molecule has 0 unspecified atom stereocenters. The number of benzene rings is 1. The molecule has 0 spiro atoms. The molecule has 2 rings (SSSR count). The van der Waals surface area contributed by atoms with Gasteiger partial charge >= 0.3 is 0 Å². The van der Waals surface area contributed by atoms with Crippen molar-refractivity contribution in [1.29, 1.82) is 0 Å². The highest BCUT2D eigenvalue weighted by atomic mass is 35.5. The number of ether oxygens (including phenoxy) is 1. The zero-order valence-electron chi connectivity index (χ0n) is 9.74. The molecule has 17 heavy (non-hydrogen) atoms. The van der Waals surface area contributed by atoms with Gasteiger partial charge in [0.1, 0.15) is 10.8 Å². The first kappa shape index (κ1) is 12.3. The van der Waals surface area contributed by atoms with Crippen molar-refractivity contribution in [3.63, 3.8) is 0 Å². The second-order valence-corrected chi connectivity index (χ2v) is 5.08. The molecule has 3 nitrogen and oxygen atoms in total. The van der Waals surface area contributed by atoms with Crippen LogP contribution in [0.3, 0.4) is 0 Å². The van der Waals surface area contributed by atoms with Crippen LogP contribution in [-0.2, 0) is 6.42 Å². The standard InChI is InChI=1S/C12H13ClN2OS/c1-8-3-4-10(16-2)9(7-8)12-15-14-11(17-12)5-6-13/h3-4,7H,5-6H2,1-2H3. The number of alkyl halides is 1. The van der Waals surface area contributed by atoms with Crippen LogP contribution in [0.5, 0.6) is 5.75 Å². The van der Waals surface area contributed by atoms with Crippen LogP contribution < -0.4 is 4.74 Å². The van der Waals surface area contributed by atoms with Crippen LogP contribution in [0.4, 0.5) is 0 Å². The molecule has 0 saturated carbocycles. The number of methoxy groups -OCH3 is 1. The predicted octanol–water partition coefficient (Wildman–Crippen LogP) is 3.30. The molecule has 1 aromatic carbocycles. The minimum absolute atomic E-state index is 0.569. The fourth-order valence-electron chi connectivity index (χ4n) is 1.53. The molecule has 0 amide bonds. The van der Waals surface area contributed by atoms with Crippen molar-refractivity contribution in [2.45, 2.75) is 13.3 Å². The number of aryl methyl sites for hydroxylation is 2. The maximum atomic E-state index is 5.69.